The molecule has 1 aliphatic rings. The van der Waals surface area contributed by atoms with Gasteiger partial charge in [0.25, 0.3) is 11.8 Å². The lowest BCUT2D eigenvalue weighted by atomic mass is 10.2. The van der Waals surface area contributed by atoms with Gasteiger partial charge in [-0.15, -0.1) is 0 Å². The van der Waals surface area contributed by atoms with E-state index in [0.717, 1.165) is 6.42 Å². The molecule has 2 aromatic rings. The summed E-state index contributed by atoms with van der Waals surface area (Å²) in [5, 5.41) is 3.06. The maximum absolute atomic E-state index is 12.4. The summed E-state index contributed by atoms with van der Waals surface area (Å²) in [7, 11) is 1.58. The van der Waals surface area contributed by atoms with Crippen LogP contribution in [0.15, 0.2) is 48.5 Å². The molecule has 1 heterocycles. The summed E-state index contributed by atoms with van der Waals surface area (Å²) in [6.45, 7) is 1.02. The smallest absolute Gasteiger partial charge is 0.260 e. The van der Waals surface area contributed by atoms with Crippen LogP contribution in [0.1, 0.15) is 16.8 Å². The molecule has 1 unspecified atom stereocenters. The third-order valence-corrected chi connectivity index (χ3v) is 4.62. The molecule has 1 fully saturated rings. The van der Waals surface area contributed by atoms with Crippen LogP contribution in [0.2, 0.25) is 5.02 Å². The molecular weight excluding hydrogens is 368 g/mol. The minimum absolute atomic E-state index is 0.0669. The first kappa shape index (κ1) is 19.0. The van der Waals surface area contributed by atoms with Crippen molar-refractivity contribution in [3.8, 4) is 11.5 Å². The molecule has 2 aromatic carbocycles. The van der Waals surface area contributed by atoms with E-state index in [4.69, 9.17) is 21.1 Å². The van der Waals surface area contributed by atoms with Crippen molar-refractivity contribution >= 4 is 23.4 Å². The number of nitrogens with one attached hydrogen (secondary N) is 1. The number of nitrogens with zero attached hydrogens (tertiary/aromatic N) is 1. The monoisotopic (exact) mass is 388 g/mol. The van der Waals surface area contributed by atoms with Crippen LogP contribution < -0.4 is 14.8 Å². The van der Waals surface area contributed by atoms with Gasteiger partial charge >= 0.3 is 0 Å². The largest absolute Gasteiger partial charge is 0.488 e. The zero-order chi connectivity index (χ0) is 19.2. The van der Waals surface area contributed by atoms with Crippen molar-refractivity contribution in [3.05, 3.63) is 59.1 Å². The quantitative estimate of drug-likeness (QED) is 0.826. The molecule has 27 heavy (non-hydrogen) atoms. The molecule has 2 amide bonds. The highest BCUT2D eigenvalue weighted by Crippen LogP contribution is 2.24. The van der Waals surface area contributed by atoms with Crippen LogP contribution in [0, 0.1) is 0 Å². The Kier molecular flexibility index (Phi) is 6.19. The second-order valence-corrected chi connectivity index (χ2v) is 6.60. The van der Waals surface area contributed by atoms with Gasteiger partial charge in [-0.2, -0.15) is 0 Å². The molecule has 1 N–H and O–H groups in total. The third kappa shape index (κ3) is 4.92. The second kappa shape index (κ2) is 8.77. The van der Waals surface area contributed by atoms with Gasteiger partial charge in [-0.05, 0) is 30.3 Å². The lowest BCUT2D eigenvalue weighted by Gasteiger charge is -2.18. The van der Waals surface area contributed by atoms with Crippen molar-refractivity contribution in [2.75, 3.05) is 26.7 Å². The van der Waals surface area contributed by atoms with E-state index >= 15 is 0 Å². The summed E-state index contributed by atoms with van der Waals surface area (Å²) in [6, 6.07) is 14.1. The first-order chi connectivity index (χ1) is 13.1. The van der Waals surface area contributed by atoms with E-state index in [1.807, 2.05) is 0 Å². The number of hydrogen-bond acceptors (Lipinski definition) is 4. The molecule has 0 bridgehead atoms. The van der Waals surface area contributed by atoms with Gasteiger partial charge in [0, 0.05) is 25.6 Å². The first-order valence-corrected chi connectivity index (χ1v) is 9.08. The van der Waals surface area contributed by atoms with Crippen molar-refractivity contribution in [1.29, 1.82) is 0 Å². The van der Waals surface area contributed by atoms with E-state index in [-0.39, 0.29) is 24.5 Å². The van der Waals surface area contributed by atoms with Gasteiger partial charge in [-0.25, -0.2) is 0 Å². The predicted octanol–water partition coefficient (Wildman–Crippen LogP) is 2.76. The highest BCUT2D eigenvalue weighted by molar-refractivity contribution is 6.32. The van der Waals surface area contributed by atoms with E-state index in [2.05, 4.69) is 5.32 Å². The standard InChI is InChI=1S/C20H21ClN2O4/c1-22-20(25)14-5-4-6-15(11-14)27-16-9-10-23(12-16)19(24)13-26-18-8-3-2-7-17(18)21/h2-8,11,16H,9-10,12-13H2,1H3,(H,22,25). The molecule has 1 saturated heterocycles. The van der Waals surface area contributed by atoms with E-state index in [9.17, 15) is 9.59 Å². The fourth-order valence-electron chi connectivity index (χ4n) is 2.89. The summed E-state index contributed by atoms with van der Waals surface area (Å²) in [4.78, 5) is 25.8. The van der Waals surface area contributed by atoms with Gasteiger partial charge in [-0.1, -0.05) is 29.8 Å². The predicted molar refractivity (Wildman–Crippen MR) is 102 cm³/mol. The Bertz CT molecular complexity index is 827. The normalized spacial score (nSPS) is 16.1. The average Bonchev–Trinajstić information content (AvgIpc) is 3.15. The van der Waals surface area contributed by atoms with Gasteiger partial charge in [0.05, 0.1) is 11.6 Å². The van der Waals surface area contributed by atoms with Crippen LogP contribution in [0.4, 0.5) is 0 Å². The van der Waals surface area contributed by atoms with Gasteiger partial charge in [0.15, 0.2) is 6.61 Å². The number of hydrogen-bond donors (Lipinski definition) is 1. The summed E-state index contributed by atoms with van der Waals surface area (Å²) in [6.07, 6.45) is 0.608. The van der Waals surface area contributed by atoms with Crippen molar-refractivity contribution < 1.29 is 19.1 Å². The molecule has 0 aromatic heterocycles. The van der Waals surface area contributed by atoms with Crippen LogP contribution in [0.3, 0.4) is 0 Å². The van der Waals surface area contributed by atoms with Crippen LogP contribution in [-0.2, 0) is 4.79 Å². The number of halogens is 1. The molecule has 0 radical (unpaired) electrons. The summed E-state index contributed by atoms with van der Waals surface area (Å²) >= 11 is 6.03. The molecule has 3 rings (SSSR count). The summed E-state index contributed by atoms with van der Waals surface area (Å²) < 4.78 is 11.4. The molecular formula is C20H21ClN2O4. The number of rotatable bonds is 6. The molecule has 0 aliphatic carbocycles. The maximum Gasteiger partial charge on any atom is 0.260 e. The Morgan fingerprint density at radius 3 is 2.81 bits per heavy atom. The highest BCUT2D eigenvalue weighted by Gasteiger charge is 2.28. The molecule has 142 valence electrons. The number of carbonyl (C=O) groups is 2. The SMILES string of the molecule is CNC(=O)c1cccc(OC2CCN(C(=O)COc3ccccc3Cl)C2)c1. The zero-order valence-electron chi connectivity index (χ0n) is 15.0. The Morgan fingerprint density at radius 2 is 2.04 bits per heavy atom. The highest BCUT2D eigenvalue weighted by atomic mass is 35.5. The third-order valence-electron chi connectivity index (χ3n) is 4.31. The molecule has 7 heteroatoms. The minimum atomic E-state index is -0.166. The minimum Gasteiger partial charge on any atom is -0.488 e. The topological polar surface area (TPSA) is 67.9 Å². The number of benzene rings is 2. The summed E-state index contributed by atoms with van der Waals surface area (Å²) in [5.41, 5.74) is 0.536. The fourth-order valence-corrected chi connectivity index (χ4v) is 3.08. The van der Waals surface area contributed by atoms with E-state index in [0.29, 0.717) is 35.2 Å². The zero-order valence-corrected chi connectivity index (χ0v) is 15.7. The lowest BCUT2D eigenvalue weighted by Crippen LogP contribution is -2.34. The van der Waals surface area contributed by atoms with Gasteiger partial charge < -0.3 is 19.7 Å². The maximum atomic E-state index is 12.4. The number of para-hydroxylation sites is 1. The molecule has 6 nitrogen and oxygen atoms in total. The number of carbonyl (C=O) groups excluding carboxylic acids is 2. The van der Waals surface area contributed by atoms with Gasteiger partial charge in [0.2, 0.25) is 0 Å². The van der Waals surface area contributed by atoms with E-state index in [1.54, 1.807) is 60.5 Å². The van der Waals surface area contributed by atoms with Crippen LogP contribution in [0.25, 0.3) is 0 Å². The summed E-state index contributed by atoms with van der Waals surface area (Å²) in [5.74, 6) is 0.828. The van der Waals surface area contributed by atoms with Crippen LogP contribution >= 0.6 is 11.6 Å². The number of amides is 2. The Balaban J connectivity index is 1.52. The second-order valence-electron chi connectivity index (χ2n) is 6.19. The number of likely N-dealkylation sites (tertiary alicyclic amines) is 1. The number of ether oxygens (including phenoxy) is 2. The Hall–Kier alpha value is -2.73. The lowest BCUT2D eigenvalue weighted by molar-refractivity contribution is -0.132. The molecule has 1 aliphatic heterocycles. The average molecular weight is 389 g/mol. The van der Waals surface area contributed by atoms with Crippen LogP contribution in [-0.4, -0.2) is 49.6 Å². The fraction of sp³-hybridized carbons (Fsp3) is 0.300. The Morgan fingerprint density at radius 1 is 1.22 bits per heavy atom. The van der Waals surface area contributed by atoms with Gasteiger partial charge in [0.1, 0.15) is 17.6 Å². The van der Waals surface area contributed by atoms with E-state index in [1.165, 1.54) is 0 Å². The molecule has 1 atom stereocenters. The Labute approximate surface area is 163 Å². The van der Waals surface area contributed by atoms with E-state index < -0.39 is 0 Å². The van der Waals surface area contributed by atoms with Crippen LogP contribution in [0.5, 0.6) is 11.5 Å². The molecule has 0 spiro atoms. The van der Waals surface area contributed by atoms with Crippen molar-refractivity contribution in [1.82, 2.24) is 10.2 Å². The van der Waals surface area contributed by atoms with Crippen molar-refractivity contribution in [3.63, 3.8) is 0 Å². The van der Waals surface area contributed by atoms with Gasteiger partial charge in [-0.3, -0.25) is 9.59 Å². The van der Waals surface area contributed by atoms with Crippen molar-refractivity contribution in [2.45, 2.75) is 12.5 Å². The molecule has 0 saturated carbocycles. The first-order valence-electron chi connectivity index (χ1n) is 8.70. The van der Waals surface area contributed by atoms with Crippen molar-refractivity contribution in [2.24, 2.45) is 0 Å².